The molecule has 0 spiro atoms. The largest absolute Gasteiger partial charge is 0.493 e. The Morgan fingerprint density at radius 2 is 1.00 bits per heavy atom. The lowest BCUT2D eigenvalue weighted by Crippen LogP contribution is -2.08. The molecule has 0 amide bonds. The Bertz CT molecular complexity index is 608. The molecule has 1 aromatic carbocycles. The summed E-state index contributed by atoms with van der Waals surface area (Å²) in [4.78, 5) is 23.2. The van der Waals surface area contributed by atoms with Gasteiger partial charge in [0.05, 0.1) is 24.3 Å². The van der Waals surface area contributed by atoms with Gasteiger partial charge in [-0.05, 0) is 48.6 Å². The highest BCUT2D eigenvalue weighted by Crippen LogP contribution is 2.28. The van der Waals surface area contributed by atoms with Gasteiger partial charge in [-0.3, -0.25) is 9.59 Å². The van der Waals surface area contributed by atoms with Crippen molar-refractivity contribution in [1.29, 1.82) is 0 Å². The molecule has 0 bridgehead atoms. The highest BCUT2D eigenvalue weighted by Gasteiger charge is 2.13. The SMILES string of the molecule is CC(C)CCCC(C)CCOc1cc(C=O)c(OCCC(C)CCCC(C)C)cc1C=O. The quantitative estimate of drug-likeness (QED) is 0.216. The molecule has 1 aromatic rings. The molecule has 1 rings (SSSR count). The summed E-state index contributed by atoms with van der Waals surface area (Å²) < 4.78 is 11.8. The molecular weight excluding hydrogens is 400 g/mol. The van der Waals surface area contributed by atoms with Gasteiger partial charge < -0.3 is 9.47 Å². The number of benzene rings is 1. The van der Waals surface area contributed by atoms with Gasteiger partial charge in [-0.25, -0.2) is 0 Å². The first-order chi connectivity index (χ1) is 15.3. The Hall–Kier alpha value is -1.84. The summed E-state index contributed by atoms with van der Waals surface area (Å²) >= 11 is 0. The fraction of sp³-hybridized carbons (Fsp3) is 0.714. The van der Waals surface area contributed by atoms with E-state index in [1.54, 1.807) is 12.1 Å². The van der Waals surface area contributed by atoms with E-state index in [1.807, 2.05) is 0 Å². The lowest BCUT2D eigenvalue weighted by atomic mass is 9.97. The summed E-state index contributed by atoms with van der Waals surface area (Å²) in [5, 5.41) is 0. The first-order valence-electron chi connectivity index (χ1n) is 12.6. The lowest BCUT2D eigenvalue weighted by Gasteiger charge is -2.16. The van der Waals surface area contributed by atoms with E-state index in [0.29, 0.717) is 47.7 Å². The van der Waals surface area contributed by atoms with Crippen LogP contribution in [-0.2, 0) is 0 Å². The molecule has 4 heteroatoms. The topological polar surface area (TPSA) is 52.6 Å². The standard InChI is InChI=1S/C28H46O4/c1-21(2)9-7-11-23(5)13-15-31-27-17-26(20-30)28(18-25(27)19-29)32-16-14-24(6)12-8-10-22(3)4/h17-24H,7-16H2,1-6H3. The number of hydrogen-bond donors (Lipinski definition) is 0. The van der Waals surface area contributed by atoms with Crippen molar-refractivity contribution >= 4 is 12.6 Å². The van der Waals surface area contributed by atoms with Crippen LogP contribution in [0.15, 0.2) is 12.1 Å². The second-order valence-electron chi connectivity index (χ2n) is 10.3. The average molecular weight is 447 g/mol. The normalized spacial score (nSPS) is 13.2. The summed E-state index contributed by atoms with van der Waals surface area (Å²) in [7, 11) is 0. The molecule has 0 radical (unpaired) electrons. The molecule has 0 N–H and O–H groups in total. The zero-order chi connectivity index (χ0) is 23.9. The van der Waals surface area contributed by atoms with Crippen LogP contribution in [0.5, 0.6) is 11.5 Å². The number of carbonyl (C=O) groups excluding carboxylic acids is 2. The molecule has 0 aliphatic rings. The Kier molecular flexibility index (Phi) is 14.0. The summed E-state index contributed by atoms with van der Waals surface area (Å²) in [5.41, 5.74) is 0.867. The minimum atomic E-state index is 0.433. The molecular formula is C28H46O4. The number of rotatable bonds is 18. The average Bonchev–Trinajstić information content (AvgIpc) is 2.73. The van der Waals surface area contributed by atoms with E-state index in [0.717, 1.165) is 37.2 Å². The van der Waals surface area contributed by atoms with Crippen LogP contribution in [0, 0.1) is 23.7 Å². The van der Waals surface area contributed by atoms with Crippen molar-refractivity contribution in [1.82, 2.24) is 0 Å². The molecule has 0 aromatic heterocycles. The van der Waals surface area contributed by atoms with E-state index >= 15 is 0 Å². The Balaban J connectivity index is 2.57. The molecule has 32 heavy (non-hydrogen) atoms. The van der Waals surface area contributed by atoms with E-state index in [1.165, 1.54) is 38.5 Å². The van der Waals surface area contributed by atoms with E-state index in [-0.39, 0.29) is 0 Å². The van der Waals surface area contributed by atoms with Gasteiger partial charge in [0.25, 0.3) is 0 Å². The molecule has 0 heterocycles. The summed E-state index contributed by atoms with van der Waals surface area (Å²) in [5.74, 6) is 3.55. The smallest absolute Gasteiger partial charge is 0.153 e. The highest BCUT2D eigenvalue weighted by molar-refractivity contribution is 5.87. The van der Waals surface area contributed by atoms with E-state index < -0.39 is 0 Å². The molecule has 0 saturated heterocycles. The van der Waals surface area contributed by atoms with Gasteiger partial charge in [-0.1, -0.05) is 80.1 Å². The second kappa shape index (κ2) is 15.9. The number of hydrogen-bond acceptors (Lipinski definition) is 4. The van der Waals surface area contributed by atoms with E-state index in [9.17, 15) is 9.59 Å². The molecule has 0 fully saturated rings. The molecule has 0 saturated carbocycles. The Morgan fingerprint density at radius 3 is 1.31 bits per heavy atom. The Morgan fingerprint density at radius 1 is 0.625 bits per heavy atom. The van der Waals surface area contributed by atoms with Gasteiger partial charge in [0.1, 0.15) is 11.5 Å². The van der Waals surface area contributed by atoms with Crippen LogP contribution >= 0.6 is 0 Å². The zero-order valence-electron chi connectivity index (χ0n) is 21.3. The van der Waals surface area contributed by atoms with Gasteiger partial charge in [-0.2, -0.15) is 0 Å². The first kappa shape index (κ1) is 28.2. The van der Waals surface area contributed by atoms with Crippen molar-refractivity contribution in [2.45, 2.75) is 92.9 Å². The molecule has 4 nitrogen and oxygen atoms in total. The minimum absolute atomic E-state index is 0.433. The molecule has 0 aliphatic carbocycles. The van der Waals surface area contributed by atoms with Crippen molar-refractivity contribution in [3.8, 4) is 11.5 Å². The number of aldehydes is 2. The van der Waals surface area contributed by atoms with Crippen molar-refractivity contribution in [2.75, 3.05) is 13.2 Å². The van der Waals surface area contributed by atoms with Gasteiger partial charge in [-0.15, -0.1) is 0 Å². The van der Waals surface area contributed by atoms with Crippen LogP contribution in [0.2, 0.25) is 0 Å². The predicted octanol–water partition coefficient (Wildman–Crippen LogP) is 7.77. The van der Waals surface area contributed by atoms with E-state index in [4.69, 9.17) is 9.47 Å². The maximum Gasteiger partial charge on any atom is 0.153 e. The van der Waals surface area contributed by atoms with Crippen molar-refractivity contribution in [3.05, 3.63) is 23.3 Å². The fourth-order valence-corrected chi connectivity index (χ4v) is 3.80. The van der Waals surface area contributed by atoms with Crippen LogP contribution in [0.25, 0.3) is 0 Å². The van der Waals surface area contributed by atoms with Gasteiger partial charge >= 0.3 is 0 Å². The zero-order valence-corrected chi connectivity index (χ0v) is 21.3. The molecule has 0 aliphatic heterocycles. The van der Waals surface area contributed by atoms with Crippen molar-refractivity contribution in [3.63, 3.8) is 0 Å². The molecule has 2 unspecified atom stereocenters. The summed E-state index contributed by atoms with van der Waals surface area (Å²) in [6.07, 6.45) is 10.7. The van der Waals surface area contributed by atoms with Crippen LogP contribution in [0.4, 0.5) is 0 Å². The predicted molar refractivity (Wildman–Crippen MR) is 133 cm³/mol. The monoisotopic (exact) mass is 446 g/mol. The van der Waals surface area contributed by atoms with Crippen molar-refractivity contribution < 1.29 is 19.1 Å². The molecule has 182 valence electrons. The number of ether oxygens (including phenoxy) is 2. The third-order valence-corrected chi connectivity index (χ3v) is 6.09. The van der Waals surface area contributed by atoms with Gasteiger partial charge in [0, 0.05) is 0 Å². The highest BCUT2D eigenvalue weighted by atomic mass is 16.5. The van der Waals surface area contributed by atoms with Gasteiger partial charge in [0.2, 0.25) is 0 Å². The minimum Gasteiger partial charge on any atom is -0.493 e. The molecule has 2 atom stereocenters. The van der Waals surface area contributed by atoms with Crippen LogP contribution in [-0.4, -0.2) is 25.8 Å². The lowest BCUT2D eigenvalue weighted by molar-refractivity contribution is 0.110. The summed E-state index contributed by atoms with van der Waals surface area (Å²) in [6.45, 7) is 14.6. The maximum atomic E-state index is 11.6. The first-order valence-corrected chi connectivity index (χ1v) is 12.6. The van der Waals surface area contributed by atoms with Gasteiger partial charge in [0.15, 0.2) is 12.6 Å². The fourth-order valence-electron chi connectivity index (χ4n) is 3.80. The number of carbonyl (C=O) groups is 2. The third-order valence-electron chi connectivity index (χ3n) is 6.09. The van der Waals surface area contributed by atoms with Crippen LogP contribution in [0.3, 0.4) is 0 Å². The maximum absolute atomic E-state index is 11.6. The van der Waals surface area contributed by atoms with Crippen molar-refractivity contribution in [2.24, 2.45) is 23.7 Å². The van der Waals surface area contributed by atoms with Crippen LogP contribution in [0.1, 0.15) is 114 Å². The second-order valence-corrected chi connectivity index (χ2v) is 10.3. The third kappa shape index (κ3) is 11.7. The summed E-state index contributed by atoms with van der Waals surface area (Å²) in [6, 6.07) is 3.28. The van der Waals surface area contributed by atoms with E-state index in [2.05, 4.69) is 41.5 Å². The van der Waals surface area contributed by atoms with Crippen LogP contribution < -0.4 is 9.47 Å². The Labute approximate surface area is 196 Å².